The van der Waals surface area contributed by atoms with Gasteiger partial charge in [-0.3, -0.25) is 0 Å². The van der Waals surface area contributed by atoms with Crippen LogP contribution in [0, 0.1) is 23.2 Å². The van der Waals surface area contributed by atoms with Crippen molar-refractivity contribution in [3.8, 4) is 5.75 Å². The van der Waals surface area contributed by atoms with Gasteiger partial charge in [0.15, 0.2) is 0 Å². The fourth-order valence-corrected chi connectivity index (χ4v) is 8.08. The normalized spacial score (nSPS) is 36.1. The molecule has 1 aromatic rings. The van der Waals surface area contributed by atoms with Crippen LogP contribution in [0.4, 0.5) is 5.69 Å². The van der Waals surface area contributed by atoms with Gasteiger partial charge < -0.3 is 15.0 Å². The lowest BCUT2D eigenvalue weighted by Crippen LogP contribution is -2.48. The minimum Gasteiger partial charge on any atom is -0.491 e. The summed E-state index contributed by atoms with van der Waals surface area (Å²) in [7, 11) is 0. The number of benzene rings is 1. The number of fused-ring (bicyclic) bond motifs is 1. The first-order valence-corrected chi connectivity index (χ1v) is 12.5. The first-order valence-electron chi connectivity index (χ1n) is 12.5. The van der Waals surface area contributed by atoms with Crippen molar-refractivity contribution in [2.45, 2.75) is 76.7 Å². The van der Waals surface area contributed by atoms with Gasteiger partial charge in [0.2, 0.25) is 0 Å². The topological polar surface area (TPSA) is 24.5 Å². The number of hydrogen-bond donors (Lipinski definition) is 1. The molecule has 1 aromatic carbocycles. The van der Waals surface area contributed by atoms with Gasteiger partial charge in [-0.05, 0) is 112 Å². The predicted molar refractivity (Wildman–Crippen MR) is 119 cm³/mol. The maximum Gasteiger partial charge on any atom is 0.145 e. The van der Waals surface area contributed by atoms with Crippen LogP contribution < -0.4 is 15.0 Å². The van der Waals surface area contributed by atoms with Crippen molar-refractivity contribution in [3.05, 3.63) is 23.8 Å². The molecule has 1 N–H and O–H groups in total. The average molecular weight is 395 g/mol. The average Bonchev–Trinajstić information content (AvgIpc) is 2.73. The summed E-state index contributed by atoms with van der Waals surface area (Å²) in [4.78, 5) is 2.57. The Balaban J connectivity index is 1.01. The molecule has 0 unspecified atom stereocenters. The lowest BCUT2D eigenvalue weighted by molar-refractivity contribution is -0.0570. The van der Waals surface area contributed by atoms with E-state index in [4.69, 9.17) is 4.74 Å². The van der Waals surface area contributed by atoms with Crippen molar-refractivity contribution in [1.82, 2.24) is 5.32 Å². The van der Waals surface area contributed by atoms with Crippen molar-refractivity contribution in [1.29, 1.82) is 0 Å². The minimum absolute atomic E-state index is 0.709. The summed E-state index contributed by atoms with van der Waals surface area (Å²) in [5, 5.41) is 3.97. The molecule has 4 saturated carbocycles. The molecule has 2 heterocycles. The molecule has 2 aliphatic heterocycles. The summed E-state index contributed by atoms with van der Waals surface area (Å²) in [6.45, 7) is 4.46. The van der Waals surface area contributed by atoms with Gasteiger partial charge in [-0.2, -0.15) is 0 Å². The monoisotopic (exact) mass is 394 g/mol. The lowest BCUT2D eigenvalue weighted by atomic mass is 9.49. The Kier molecular flexibility index (Phi) is 4.78. The molecule has 4 bridgehead atoms. The smallest absolute Gasteiger partial charge is 0.145 e. The van der Waals surface area contributed by atoms with E-state index in [2.05, 4.69) is 28.4 Å². The number of ether oxygens (including phenoxy) is 1. The molecule has 0 aromatic heterocycles. The first kappa shape index (κ1) is 18.5. The largest absolute Gasteiger partial charge is 0.491 e. The molecule has 0 radical (unpaired) electrons. The van der Waals surface area contributed by atoms with E-state index in [1.807, 2.05) is 0 Å². The van der Waals surface area contributed by atoms with E-state index >= 15 is 0 Å². The van der Waals surface area contributed by atoms with Gasteiger partial charge in [-0.1, -0.05) is 12.1 Å². The first-order chi connectivity index (χ1) is 14.3. The van der Waals surface area contributed by atoms with Crippen LogP contribution in [0.5, 0.6) is 5.75 Å². The van der Waals surface area contributed by atoms with E-state index in [1.165, 1.54) is 49.2 Å². The number of hydrogen-bond acceptors (Lipinski definition) is 3. The van der Waals surface area contributed by atoms with Gasteiger partial charge in [-0.25, -0.2) is 0 Å². The van der Waals surface area contributed by atoms with Crippen molar-refractivity contribution in [2.24, 2.45) is 23.2 Å². The van der Waals surface area contributed by atoms with Gasteiger partial charge in [0.25, 0.3) is 0 Å². The Hall–Kier alpha value is -1.22. The number of anilines is 1. The minimum atomic E-state index is 0.709. The van der Waals surface area contributed by atoms with Crippen LogP contribution in [0.3, 0.4) is 0 Å². The van der Waals surface area contributed by atoms with Crippen LogP contribution in [-0.2, 0) is 6.42 Å². The number of piperidine rings is 1. The predicted octanol–water partition coefficient (Wildman–Crippen LogP) is 5.18. The second-order valence-corrected chi connectivity index (χ2v) is 11.1. The SMILES string of the molecule is c1cc2c(c(N3CCC(NCCC45CC6CC(CC(C6)C4)C5)CC3)c1)OCCC2. The molecule has 3 nitrogen and oxygen atoms in total. The molecule has 6 aliphatic rings. The van der Waals surface area contributed by atoms with Crippen molar-refractivity contribution >= 4 is 5.69 Å². The lowest BCUT2D eigenvalue weighted by Gasteiger charge is -2.57. The third-order valence-electron chi connectivity index (χ3n) is 9.00. The maximum absolute atomic E-state index is 6.06. The highest BCUT2D eigenvalue weighted by Gasteiger charge is 2.50. The number of nitrogens with one attached hydrogen (secondary N) is 1. The molecule has 0 atom stereocenters. The molecule has 0 amide bonds. The third-order valence-corrected chi connectivity index (χ3v) is 9.00. The molecular formula is C26H38N2O. The fourth-order valence-electron chi connectivity index (χ4n) is 8.08. The number of aryl methyl sites for hydroxylation is 1. The van der Waals surface area contributed by atoms with Gasteiger partial charge in [0.1, 0.15) is 5.75 Å². The van der Waals surface area contributed by atoms with Gasteiger partial charge >= 0.3 is 0 Å². The molecule has 1 saturated heterocycles. The molecule has 3 heteroatoms. The van der Waals surface area contributed by atoms with Crippen LogP contribution in [0.2, 0.25) is 0 Å². The van der Waals surface area contributed by atoms with E-state index < -0.39 is 0 Å². The molecule has 5 fully saturated rings. The van der Waals surface area contributed by atoms with Gasteiger partial charge in [0.05, 0.1) is 12.3 Å². The zero-order valence-corrected chi connectivity index (χ0v) is 18.0. The maximum atomic E-state index is 6.06. The highest BCUT2D eigenvalue weighted by molar-refractivity contribution is 5.62. The van der Waals surface area contributed by atoms with Gasteiger partial charge in [0, 0.05) is 19.1 Å². The van der Waals surface area contributed by atoms with Crippen LogP contribution in [-0.4, -0.2) is 32.3 Å². The molecule has 0 spiro atoms. The van der Waals surface area contributed by atoms with Crippen LogP contribution in [0.15, 0.2) is 18.2 Å². The fraction of sp³-hybridized carbons (Fsp3) is 0.769. The summed E-state index contributed by atoms with van der Waals surface area (Å²) in [6.07, 6.45) is 15.7. The van der Waals surface area contributed by atoms with E-state index in [1.54, 1.807) is 38.5 Å². The highest BCUT2D eigenvalue weighted by Crippen LogP contribution is 2.61. The zero-order valence-electron chi connectivity index (χ0n) is 18.0. The van der Waals surface area contributed by atoms with Crippen molar-refractivity contribution < 1.29 is 4.74 Å². The van der Waals surface area contributed by atoms with Gasteiger partial charge in [-0.15, -0.1) is 0 Å². The van der Waals surface area contributed by atoms with Crippen LogP contribution >= 0.6 is 0 Å². The molecular weight excluding hydrogens is 356 g/mol. The Morgan fingerprint density at radius 1 is 1.00 bits per heavy atom. The summed E-state index contributed by atoms with van der Waals surface area (Å²) >= 11 is 0. The summed E-state index contributed by atoms with van der Waals surface area (Å²) in [6, 6.07) is 7.45. The molecule has 7 rings (SSSR count). The summed E-state index contributed by atoms with van der Waals surface area (Å²) in [5.74, 6) is 4.43. The number of rotatable bonds is 5. The van der Waals surface area contributed by atoms with E-state index in [0.29, 0.717) is 6.04 Å². The molecule has 4 aliphatic carbocycles. The second-order valence-electron chi connectivity index (χ2n) is 11.1. The Bertz CT molecular complexity index is 701. The number of nitrogens with zero attached hydrogens (tertiary/aromatic N) is 1. The zero-order chi connectivity index (χ0) is 19.3. The van der Waals surface area contributed by atoms with E-state index in [9.17, 15) is 0 Å². The third kappa shape index (κ3) is 3.58. The Labute approximate surface area is 176 Å². The Morgan fingerprint density at radius 3 is 2.45 bits per heavy atom. The highest BCUT2D eigenvalue weighted by atomic mass is 16.5. The molecule has 29 heavy (non-hydrogen) atoms. The second kappa shape index (κ2) is 7.48. The van der Waals surface area contributed by atoms with Crippen molar-refractivity contribution in [3.63, 3.8) is 0 Å². The molecule has 158 valence electrons. The van der Waals surface area contributed by atoms with Crippen LogP contribution in [0.25, 0.3) is 0 Å². The van der Waals surface area contributed by atoms with Crippen LogP contribution in [0.1, 0.15) is 69.8 Å². The summed E-state index contributed by atoms with van der Waals surface area (Å²) < 4.78 is 6.06. The van der Waals surface area contributed by atoms with Crippen molar-refractivity contribution in [2.75, 3.05) is 31.1 Å². The van der Waals surface area contributed by atoms with E-state index in [-0.39, 0.29) is 0 Å². The quantitative estimate of drug-likeness (QED) is 0.745. The standard InChI is InChI=1S/C26H38N2O/c1-3-22-4-2-12-29-25(22)24(5-1)28-10-6-23(7-11-28)27-9-8-26-16-19-13-20(17-26)15-21(14-19)18-26/h1,3,5,19-21,23,27H,2,4,6-18H2. The summed E-state index contributed by atoms with van der Waals surface area (Å²) in [5.41, 5.74) is 3.47. The van der Waals surface area contributed by atoms with E-state index in [0.717, 1.165) is 49.3 Å². The Morgan fingerprint density at radius 2 is 1.72 bits per heavy atom. The number of para-hydroxylation sites is 1.